The molecule has 0 aromatic carbocycles. The zero-order valence-corrected chi connectivity index (χ0v) is 12.0. The van der Waals surface area contributed by atoms with Crippen LogP contribution in [0.1, 0.15) is 39.0 Å². The maximum Gasteiger partial charge on any atom is 0.109 e. The van der Waals surface area contributed by atoms with Crippen LogP contribution in [0.5, 0.6) is 0 Å². The third-order valence-electron chi connectivity index (χ3n) is 4.05. The minimum atomic E-state index is -0.104. The molecule has 0 radical (unpaired) electrons. The van der Waals surface area contributed by atoms with Crippen molar-refractivity contribution in [3.63, 3.8) is 0 Å². The van der Waals surface area contributed by atoms with E-state index in [1.807, 2.05) is 0 Å². The molecule has 1 aliphatic carbocycles. The highest BCUT2D eigenvalue weighted by atomic mass is 35.5. The Balaban J connectivity index is 1.70. The summed E-state index contributed by atoms with van der Waals surface area (Å²) in [6, 6.07) is 1.00. The SMILES string of the molecule is CC1CC(Cl)CC(NC(N)NC2CCNCC2)C1. The van der Waals surface area contributed by atoms with Gasteiger partial charge in [0.2, 0.25) is 0 Å². The molecule has 2 aliphatic rings. The Morgan fingerprint density at radius 2 is 1.78 bits per heavy atom. The molecule has 0 spiro atoms. The highest BCUT2D eigenvalue weighted by Crippen LogP contribution is 2.27. The normalized spacial score (nSPS) is 36.5. The van der Waals surface area contributed by atoms with Gasteiger partial charge in [0, 0.05) is 17.5 Å². The van der Waals surface area contributed by atoms with Crippen LogP contribution >= 0.6 is 11.6 Å². The first-order valence-corrected chi connectivity index (χ1v) is 7.69. The average molecular weight is 275 g/mol. The third kappa shape index (κ3) is 4.67. The fourth-order valence-electron chi connectivity index (χ4n) is 3.20. The molecule has 0 aromatic rings. The highest BCUT2D eigenvalue weighted by Gasteiger charge is 2.26. The smallest absolute Gasteiger partial charge is 0.109 e. The Kier molecular flexibility index (Phi) is 5.70. The van der Waals surface area contributed by atoms with E-state index in [-0.39, 0.29) is 6.29 Å². The third-order valence-corrected chi connectivity index (χ3v) is 4.41. The van der Waals surface area contributed by atoms with Gasteiger partial charge in [-0.3, -0.25) is 10.6 Å². The molecule has 2 fully saturated rings. The molecule has 5 heteroatoms. The molecule has 2 rings (SSSR count). The van der Waals surface area contributed by atoms with Gasteiger partial charge in [-0.2, -0.15) is 0 Å². The molecule has 4 atom stereocenters. The molecular formula is C13H27ClN4. The number of piperidine rings is 1. The molecule has 0 aromatic heterocycles. The molecular weight excluding hydrogens is 248 g/mol. The second kappa shape index (κ2) is 7.06. The van der Waals surface area contributed by atoms with Crippen molar-refractivity contribution in [2.75, 3.05) is 13.1 Å². The van der Waals surface area contributed by atoms with Crippen LogP contribution < -0.4 is 21.7 Å². The van der Waals surface area contributed by atoms with Crippen LogP contribution in [-0.2, 0) is 0 Å². The van der Waals surface area contributed by atoms with Gasteiger partial charge in [0.15, 0.2) is 0 Å². The van der Waals surface area contributed by atoms with Crippen molar-refractivity contribution in [3.8, 4) is 0 Å². The first kappa shape index (κ1) is 14.5. The molecule has 5 N–H and O–H groups in total. The van der Waals surface area contributed by atoms with Crippen LogP contribution in [0.15, 0.2) is 0 Å². The number of hydrogen-bond donors (Lipinski definition) is 4. The van der Waals surface area contributed by atoms with E-state index < -0.39 is 0 Å². The lowest BCUT2D eigenvalue weighted by molar-refractivity contribution is 0.247. The van der Waals surface area contributed by atoms with Crippen LogP contribution in [0.3, 0.4) is 0 Å². The summed E-state index contributed by atoms with van der Waals surface area (Å²) in [5.41, 5.74) is 6.14. The van der Waals surface area contributed by atoms with Crippen LogP contribution in [-0.4, -0.2) is 36.8 Å². The Labute approximate surface area is 115 Å². The Morgan fingerprint density at radius 1 is 1.11 bits per heavy atom. The number of nitrogens with one attached hydrogen (secondary N) is 3. The Hall–Kier alpha value is 0.130. The fraction of sp³-hybridized carbons (Fsp3) is 1.00. The summed E-state index contributed by atoms with van der Waals surface area (Å²) in [5, 5.41) is 10.6. The Bertz CT molecular complexity index is 235. The van der Waals surface area contributed by atoms with Gasteiger partial charge in [-0.15, -0.1) is 11.6 Å². The lowest BCUT2D eigenvalue weighted by Gasteiger charge is -2.34. The maximum atomic E-state index is 6.27. The largest absolute Gasteiger partial charge is 0.317 e. The summed E-state index contributed by atoms with van der Waals surface area (Å²) >= 11 is 6.27. The second-order valence-corrected chi connectivity index (χ2v) is 6.56. The summed E-state index contributed by atoms with van der Waals surface area (Å²) < 4.78 is 0. The van der Waals surface area contributed by atoms with E-state index in [0.29, 0.717) is 23.4 Å². The first-order chi connectivity index (χ1) is 8.63. The molecule has 1 saturated heterocycles. The van der Waals surface area contributed by atoms with Crippen LogP contribution in [0, 0.1) is 5.92 Å². The quantitative estimate of drug-likeness (QED) is 0.456. The molecule has 4 unspecified atom stereocenters. The number of hydrogen-bond acceptors (Lipinski definition) is 4. The lowest BCUT2D eigenvalue weighted by Crippen LogP contribution is -2.58. The van der Waals surface area contributed by atoms with Crippen molar-refractivity contribution in [2.45, 2.75) is 62.8 Å². The molecule has 0 amide bonds. The molecule has 1 heterocycles. The fourth-order valence-corrected chi connectivity index (χ4v) is 3.72. The predicted octanol–water partition coefficient (Wildman–Crippen LogP) is 0.956. The minimum absolute atomic E-state index is 0.104. The van der Waals surface area contributed by atoms with E-state index in [2.05, 4.69) is 22.9 Å². The van der Waals surface area contributed by atoms with Crippen molar-refractivity contribution in [1.29, 1.82) is 0 Å². The molecule has 18 heavy (non-hydrogen) atoms. The zero-order chi connectivity index (χ0) is 13.0. The molecule has 1 aliphatic heterocycles. The standard InChI is InChI=1S/C13H27ClN4/c1-9-6-10(14)8-12(7-9)18-13(15)17-11-2-4-16-5-3-11/h9-13,16-18H,2-8,15H2,1H3. The number of rotatable bonds is 4. The number of halogens is 1. The molecule has 0 bridgehead atoms. The first-order valence-electron chi connectivity index (χ1n) is 7.26. The van der Waals surface area contributed by atoms with Gasteiger partial charge in [0.05, 0.1) is 0 Å². The van der Waals surface area contributed by atoms with Crippen molar-refractivity contribution in [2.24, 2.45) is 11.7 Å². The molecule has 106 valence electrons. The van der Waals surface area contributed by atoms with E-state index in [1.165, 1.54) is 6.42 Å². The van der Waals surface area contributed by atoms with E-state index in [0.717, 1.165) is 38.8 Å². The minimum Gasteiger partial charge on any atom is -0.317 e. The van der Waals surface area contributed by atoms with Crippen LogP contribution in [0.25, 0.3) is 0 Å². The van der Waals surface area contributed by atoms with Crippen LogP contribution in [0.2, 0.25) is 0 Å². The maximum absolute atomic E-state index is 6.27. The van der Waals surface area contributed by atoms with Crippen molar-refractivity contribution >= 4 is 11.6 Å². The lowest BCUT2D eigenvalue weighted by atomic mass is 9.86. The van der Waals surface area contributed by atoms with Gasteiger partial charge in [0.25, 0.3) is 0 Å². The van der Waals surface area contributed by atoms with Crippen molar-refractivity contribution < 1.29 is 0 Å². The molecule has 1 saturated carbocycles. The van der Waals surface area contributed by atoms with Gasteiger partial charge in [0.1, 0.15) is 6.29 Å². The summed E-state index contributed by atoms with van der Waals surface area (Å²) in [6.07, 6.45) is 5.57. The van der Waals surface area contributed by atoms with E-state index in [9.17, 15) is 0 Å². The average Bonchev–Trinajstić information content (AvgIpc) is 2.28. The van der Waals surface area contributed by atoms with Gasteiger partial charge in [-0.05, 0) is 51.1 Å². The summed E-state index contributed by atoms with van der Waals surface area (Å²) in [6.45, 7) is 4.46. The number of nitrogens with two attached hydrogens (primary N) is 1. The summed E-state index contributed by atoms with van der Waals surface area (Å²) in [7, 11) is 0. The van der Waals surface area contributed by atoms with Crippen molar-refractivity contribution in [1.82, 2.24) is 16.0 Å². The van der Waals surface area contributed by atoms with E-state index in [4.69, 9.17) is 17.3 Å². The second-order valence-electron chi connectivity index (χ2n) is 5.94. The number of alkyl halides is 1. The Morgan fingerprint density at radius 3 is 2.44 bits per heavy atom. The van der Waals surface area contributed by atoms with Crippen LogP contribution in [0.4, 0.5) is 0 Å². The zero-order valence-electron chi connectivity index (χ0n) is 11.3. The van der Waals surface area contributed by atoms with Gasteiger partial charge >= 0.3 is 0 Å². The monoisotopic (exact) mass is 274 g/mol. The summed E-state index contributed by atoms with van der Waals surface area (Å²) in [5.74, 6) is 0.699. The molecule has 4 nitrogen and oxygen atoms in total. The summed E-state index contributed by atoms with van der Waals surface area (Å²) in [4.78, 5) is 0. The van der Waals surface area contributed by atoms with Gasteiger partial charge in [-0.25, -0.2) is 0 Å². The van der Waals surface area contributed by atoms with Gasteiger partial charge in [-0.1, -0.05) is 6.92 Å². The highest BCUT2D eigenvalue weighted by molar-refractivity contribution is 6.20. The van der Waals surface area contributed by atoms with E-state index in [1.54, 1.807) is 0 Å². The van der Waals surface area contributed by atoms with Gasteiger partial charge < -0.3 is 11.1 Å². The van der Waals surface area contributed by atoms with Crippen molar-refractivity contribution in [3.05, 3.63) is 0 Å². The topological polar surface area (TPSA) is 62.1 Å². The van der Waals surface area contributed by atoms with E-state index >= 15 is 0 Å². The predicted molar refractivity (Wildman–Crippen MR) is 76.6 cm³/mol.